The van der Waals surface area contributed by atoms with Gasteiger partial charge in [0.2, 0.25) is 0 Å². The highest BCUT2D eigenvalue weighted by molar-refractivity contribution is 5.77. The van der Waals surface area contributed by atoms with Gasteiger partial charge >= 0.3 is 0 Å². The van der Waals surface area contributed by atoms with E-state index >= 15 is 0 Å². The normalized spacial score (nSPS) is 16.3. The maximum atomic E-state index is 11.9. The highest BCUT2D eigenvalue weighted by atomic mass is 16.5. The van der Waals surface area contributed by atoms with Crippen LogP contribution in [0.3, 0.4) is 0 Å². The van der Waals surface area contributed by atoms with E-state index in [9.17, 15) is 4.79 Å². The van der Waals surface area contributed by atoms with Crippen molar-refractivity contribution in [1.29, 1.82) is 0 Å². The zero-order valence-corrected chi connectivity index (χ0v) is 14.6. The minimum absolute atomic E-state index is 0.0500. The fraction of sp³-hybridized carbons (Fsp3) is 0.611. The zero-order chi connectivity index (χ0) is 16.7. The molecule has 128 valence electrons. The van der Waals surface area contributed by atoms with Crippen molar-refractivity contribution in [2.24, 2.45) is 0 Å². The van der Waals surface area contributed by atoms with Gasteiger partial charge in [-0.05, 0) is 45.0 Å². The molecule has 5 nitrogen and oxygen atoms in total. The van der Waals surface area contributed by atoms with Crippen LogP contribution in [0.4, 0.5) is 0 Å². The van der Waals surface area contributed by atoms with E-state index in [4.69, 9.17) is 4.74 Å². The summed E-state index contributed by atoms with van der Waals surface area (Å²) in [7, 11) is 2.16. The molecule has 1 saturated heterocycles. The standard InChI is InChI=1S/C18H29N3O2/c1-15-6-4-7-16(2)18(15)23-14-17(22)19-8-5-9-21-12-10-20(3)11-13-21/h4,6-7H,5,8-14H2,1-3H3,(H,19,22). The van der Waals surface area contributed by atoms with Gasteiger partial charge in [-0.25, -0.2) is 0 Å². The van der Waals surface area contributed by atoms with Crippen LogP contribution in [0, 0.1) is 13.8 Å². The van der Waals surface area contributed by atoms with Gasteiger partial charge in [-0.3, -0.25) is 4.79 Å². The van der Waals surface area contributed by atoms with Gasteiger partial charge in [0, 0.05) is 32.7 Å². The number of amides is 1. The van der Waals surface area contributed by atoms with Gasteiger partial charge in [0.15, 0.2) is 6.61 Å². The van der Waals surface area contributed by atoms with E-state index in [0.29, 0.717) is 6.54 Å². The molecule has 0 atom stereocenters. The van der Waals surface area contributed by atoms with E-state index in [1.165, 1.54) is 0 Å². The van der Waals surface area contributed by atoms with E-state index < -0.39 is 0 Å². The number of aryl methyl sites for hydroxylation is 2. The number of carbonyl (C=O) groups is 1. The Morgan fingerprint density at radius 2 is 1.83 bits per heavy atom. The lowest BCUT2D eigenvalue weighted by molar-refractivity contribution is -0.123. The van der Waals surface area contributed by atoms with Crippen molar-refractivity contribution in [3.63, 3.8) is 0 Å². The lowest BCUT2D eigenvalue weighted by Crippen LogP contribution is -2.45. The Balaban J connectivity index is 1.60. The first kappa shape index (κ1) is 17.8. The summed E-state index contributed by atoms with van der Waals surface area (Å²) >= 11 is 0. The predicted molar refractivity (Wildman–Crippen MR) is 93.0 cm³/mol. The number of nitrogens with one attached hydrogen (secondary N) is 1. The number of piperazine rings is 1. The molecular weight excluding hydrogens is 290 g/mol. The van der Waals surface area contributed by atoms with Crippen LogP contribution in [0.25, 0.3) is 0 Å². The van der Waals surface area contributed by atoms with Gasteiger partial charge in [-0.15, -0.1) is 0 Å². The van der Waals surface area contributed by atoms with Crippen LogP contribution in [-0.4, -0.2) is 68.6 Å². The molecule has 0 bridgehead atoms. The molecule has 0 aliphatic carbocycles. The summed E-state index contributed by atoms with van der Waals surface area (Å²) in [6.45, 7) is 10.4. The van der Waals surface area contributed by atoms with Crippen molar-refractivity contribution in [2.45, 2.75) is 20.3 Å². The molecule has 0 unspecified atom stereocenters. The monoisotopic (exact) mass is 319 g/mol. The lowest BCUT2D eigenvalue weighted by atomic mass is 10.1. The molecule has 0 spiro atoms. The highest BCUT2D eigenvalue weighted by Crippen LogP contribution is 2.21. The minimum Gasteiger partial charge on any atom is -0.483 e. The van der Waals surface area contributed by atoms with Gasteiger partial charge < -0.3 is 19.9 Å². The third-order valence-corrected chi connectivity index (χ3v) is 4.33. The third kappa shape index (κ3) is 5.84. The number of likely N-dealkylation sites (N-methyl/N-ethyl adjacent to an activating group) is 1. The van der Waals surface area contributed by atoms with Gasteiger partial charge in [0.25, 0.3) is 5.91 Å². The van der Waals surface area contributed by atoms with Gasteiger partial charge in [0.05, 0.1) is 0 Å². The lowest BCUT2D eigenvalue weighted by Gasteiger charge is -2.32. The summed E-state index contributed by atoms with van der Waals surface area (Å²) in [6, 6.07) is 5.99. The van der Waals surface area contributed by atoms with Crippen LogP contribution in [0.15, 0.2) is 18.2 Å². The van der Waals surface area contributed by atoms with Crippen molar-refractivity contribution < 1.29 is 9.53 Å². The van der Waals surface area contributed by atoms with Crippen molar-refractivity contribution in [2.75, 3.05) is 52.9 Å². The molecule has 0 radical (unpaired) electrons. The molecule has 1 aliphatic rings. The first-order valence-electron chi connectivity index (χ1n) is 8.43. The van der Waals surface area contributed by atoms with Crippen molar-refractivity contribution in [1.82, 2.24) is 15.1 Å². The number of nitrogens with zero attached hydrogens (tertiary/aromatic N) is 2. The molecule has 1 amide bonds. The summed E-state index contributed by atoms with van der Waals surface area (Å²) in [5, 5.41) is 2.94. The number of carbonyl (C=O) groups excluding carboxylic acids is 1. The summed E-state index contributed by atoms with van der Waals surface area (Å²) in [5.41, 5.74) is 2.13. The zero-order valence-electron chi connectivity index (χ0n) is 14.6. The van der Waals surface area contributed by atoms with Crippen molar-refractivity contribution in [3.8, 4) is 5.75 Å². The summed E-state index contributed by atoms with van der Waals surface area (Å²) in [6.07, 6.45) is 0.985. The fourth-order valence-corrected chi connectivity index (χ4v) is 2.82. The number of hydrogen-bond acceptors (Lipinski definition) is 4. The average Bonchev–Trinajstić information content (AvgIpc) is 2.53. The Hall–Kier alpha value is -1.59. The van der Waals surface area contributed by atoms with Gasteiger partial charge in [-0.1, -0.05) is 18.2 Å². The van der Waals surface area contributed by atoms with E-state index in [1.54, 1.807) is 0 Å². The second kappa shape index (κ2) is 8.89. The molecule has 5 heteroatoms. The van der Waals surface area contributed by atoms with Crippen LogP contribution >= 0.6 is 0 Å². The van der Waals surface area contributed by atoms with Crippen LogP contribution in [0.1, 0.15) is 17.5 Å². The number of rotatable bonds is 7. The molecule has 1 N–H and O–H groups in total. The average molecular weight is 319 g/mol. The van der Waals surface area contributed by atoms with Crippen molar-refractivity contribution >= 4 is 5.91 Å². The van der Waals surface area contributed by atoms with Crippen LogP contribution in [-0.2, 0) is 4.79 Å². The number of ether oxygens (including phenoxy) is 1. The number of para-hydroxylation sites is 1. The maximum absolute atomic E-state index is 11.9. The molecule has 1 aromatic rings. The van der Waals surface area contributed by atoms with Crippen LogP contribution < -0.4 is 10.1 Å². The molecule has 0 aromatic heterocycles. The minimum atomic E-state index is -0.0500. The number of hydrogen-bond donors (Lipinski definition) is 1. The van der Waals surface area contributed by atoms with Crippen molar-refractivity contribution in [3.05, 3.63) is 29.3 Å². The molecule has 1 fully saturated rings. The largest absolute Gasteiger partial charge is 0.483 e. The Morgan fingerprint density at radius 1 is 1.17 bits per heavy atom. The van der Waals surface area contributed by atoms with E-state index in [0.717, 1.165) is 56.0 Å². The van der Waals surface area contributed by atoms with E-state index in [1.807, 2.05) is 32.0 Å². The molecule has 1 aromatic carbocycles. The molecular formula is C18H29N3O2. The Bertz CT molecular complexity index is 491. The first-order valence-corrected chi connectivity index (χ1v) is 8.43. The first-order chi connectivity index (χ1) is 11.1. The second-order valence-corrected chi connectivity index (χ2v) is 6.36. The van der Waals surface area contributed by atoms with Crippen LogP contribution in [0.2, 0.25) is 0 Å². The van der Waals surface area contributed by atoms with Crippen LogP contribution in [0.5, 0.6) is 5.75 Å². The molecule has 1 heterocycles. The van der Waals surface area contributed by atoms with E-state index in [2.05, 4.69) is 22.2 Å². The molecule has 2 rings (SSSR count). The SMILES string of the molecule is Cc1cccc(C)c1OCC(=O)NCCCN1CCN(C)CC1. The second-order valence-electron chi connectivity index (χ2n) is 6.36. The Morgan fingerprint density at radius 3 is 2.48 bits per heavy atom. The predicted octanol–water partition coefficient (Wildman–Crippen LogP) is 1.44. The summed E-state index contributed by atoms with van der Waals surface area (Å²) < 4.78 is 5.66. The molecule has 23 heavy (non-hydrogen) atoms. The van der Waals surface area contributed by atoms with Gasteiger partial charge in [-0.2, -0.15) is 0 Å². The quantitative estimate of drug-likeness (QED) is 0.773. The molecule has 1 aliphatic heterocycles. The Labute approximate surface area is 139 Å². The van der Waals surface area contributed by atoms with E-state index in [-0.39, 0.29) is 12.5 Å². The smallest absolute Gasteiger partial charge is 0.257 e. The number of benzene rings is 1. The third-order valence-electron chi connectivity index (χ3n) is 4.33. The fourth-order valence-electron chi connectivity index (χ4n) is 2.82. The molecule has 0 saturated carbocycles. The topological polar surface area (TPSA) is 44.8 Å². The highest BCUT2D eigenvalue weighted by Gasteiger charge is 2.13. The Kier molecular flexibility index (Phi) is 6.86. The summed E-state index contributed by atoms with van der Waals surface area (Å²) in [4.78, 5) is 16.7. The maximum Gasteiger partial charge on any atom is 0.257 e. The van der Waals surface area contributed by atoms with Gasteiger partial charge in [0.1, 0.15) is 5.75 Å². The summed E-state index contributed by atoms with van der Waals surface area (Å²) in [5.74, 6) is 0.770.